The molecule has 0 radical (unpaired) electrons. The molecule has 0 aromatic heterocycles. The third-order valence-electron chi connectivity index (χ3n) is 5.39. The van der Waals surface area contributed by atoms with Crippen molar-refractivity contribution in [1.29, 1.82) is 0 Å². The molecule has 7 nitrogen and oxygen atoms in total. The Balaban J connectivity index is 1.66. The number of nitrogens with one attached hydrogen (secondary N) is 1. The van der Waals surface area contributed by atoms with Gasteiger partial charge in [0, 0.05) is 55.3 Å². The van der Waals surface area contributed by atoms with E-state index >= 15 is 0 Å². The van der Waals surface area contributed by atoms with Crippen molar-refractivity contribution in [3.8, 4) is 0 Å². The molecular formula is C20H24N2O5. The fraction of sp³-hybridized carbons (Fsp3) is 0.450. The molecule has 0 saturated carbocycles. The van der Waals surface area contributed by atoms with Crippen LogP contribution in [-0.4, -0.2) is 62.6 Å². The molecule has 1 aromatic rings. The summed E-state index contributed by atoms with van der Waals surface area (Å²) in [4.78, 5) is 37.8. The lowest BCUT2D eigenvalue weighted by Crippen LogP contribution is -2.47. The summed E-state index contributed by atoms with van der Waals surface area (Å²) in [5.41, 5.74) is 0.404. The van der Waals surface area contributed by atoms with E-state index in [4.69, 9.17) is 4.74 Å². The van der Waals surface area contributed by atoms with Crippen LogP contribution in [0.4, 0.5) is 0 Å². The molecule has 144 valence electrons. The third kappa shape index (κ3) is 4.36. The fourth-order valence-electron chi connectivity index (χ4n) is 3.76. The van der Waals surface area contributed by atoms with Crippen molar-refractivity contribution >= 4 is 17.8 Å². The summed E-state index contributed by atoms with van der Waals surface area (Å²) in [6.45, 7) is 2.73. The first-order valence-electron chi connectivity index (χ1n) is 9.00. The number of carbonyl (C=O) groups is 3. The van der Waals surface area contributed by atoms with Gasteiger partial charge in [0.25, 0.3) is 5.91 Å². The van der Waals surface area contributed by atoms with Crippen molar-refractivity contribution in [2.45, 2.75) is 6.42 Å². The van der Waals surface area contributed by atoms with Crippen LogP contribution in [0, 0.1) is 11.3 Å². The zero-order valence-corrected chi connectivity index (χ0v) is 15.3. The molecule has 2 aliphatic heterocycles. The SMILES string of the molecule is COC(=O)/C=C/C(=O)N1CC2COCCC2(CNC(=O)c2ccccc2)C1. The predicted octanol–water partition coefficient (Wildman–Crippen LogP) is 1.01. The van der Waals surface area contributed by atoms with E-state index < -0.39 is 5.97 Å². The number of nitrogens with zero attached hydrogens (tertiary/aromatic N) is 1. The van der Waals surface area contributed by atoms with E-state index in [1.54, 1.807) is 17.0 Å². The van der Waals surface area contributed by atoms with Gasteiger partial charge >= 0.3 is 5.97 Å². The lowest BCUT2D eigenvalue weighted by molar-refractivity contribution is -0.135. The molecule has 0 aliphatic carbocycles. The molecular weight excluding hydrogens is 348 g/mol. The predicted molar refractivity (Wildman–Crippen MR) is 97.9 cm³/mol. The van der Waals surface area contributed by atoms with Gasteiger partial charge < -0.3 is 19.7 Å². The Bertz CT molecular complexity index is 733. The first-order chi connectivity index (χ1) is 13.0. The van der Waals surface area contributed by atoms with E-state index in [1.807, 2.05) is 18.2 Å². The molecule has 0 spiro atoms. The van der Waals surface area contributed by atoms with Gasteiger partial charge in [-0.2, -0.15) is 0 Å². The highest BCUT2D eigenvalue weighted by molar-refractivity contribution is 5.95. The van der Waals surface area contributed by atoms with Gasteiger partial charge in [-0.3, -0.25) is 9.59 Å². The maximum atomic E-state index is 12.4. The minimum absolute atomic E-state index is 0.120. The fourth-order valence-corrected chi connectivity index (χ4v) is 3.76. The van der Waals surface area contributed by atoms with E-state index in [1.165, 1.54) is 13.2 Å². The van der Waals surface area contributed by atoms with Crippen LogP contribution in [0.15, 0.2) is 42.5 Å². The number of esters is 1. The maximum Gasteiger partial charge on any atom is 0.330 e. The Hall–Kier alpha value is -2.67. The van der Waals surface area contributed by atoms with Crippen LogP contribution >= 0.6 is 0 Å². The van der Waals surface area contributed by atoms with Gasteiger partial charge in [-0.05, 0) is 18.6 Å². The molecule has 27 heavy (non-hydrogen) atoms. The van der Waals surface area contributed by atoms with Gasteiger partial charge in [-0.25, -0.2) is 4.79 Å². The summed E-state index contributed by atoms with van der Waals surface area (Å²) in [5.74, 6) is -0.764. The molecule has 2 atom stereocenters. The van der Waals surface area contributed by atoms with Gasteiger partial charge in [0.05, 0.1) is 13.7 Å². The van der Waals surface area contributed by atoms with E-state index in [-0.39, 0.29) is 23.1 Å². The average molecular weight is 372 g/mol. The zero-order valence-electron chi connectivity index (χ0n) is 15.3. The number of likely N-dealkylation sites (tertiary alicyclic amines) is 1. The number of carbonyl (C=O) groups excluding carboxylic acids is 3. The topological polar surface area (TPSA) is 84.9 Å². The van der Waals surface area contributed by atoms with Gasteiger partial charge in [0.1, 0.15) is 0 Å². The number of hydrogen-bond donors (Lipinski definition) is 1. The second-order valence-corrected chi connectivity index (χ2v) is 7.01. The van der Waals surface area contributed by atoms with Crippen molar-refractivity contribution in [3.05, 3.63) is 48.0 Å². The number of hydrogen-bond acceptors (Lipinski definition) is 5. The second kappa shape index (κ2) is 8.35. The summed E-state index contributed by atoms with van der Waals surface area (Å²) < 4.78 is 10.1. The minimum Gasteiger partial charge on any atom is -0.466 e. The first kappa shape index (κ1) is 19.1. The molecule has 0 bridgehead atoms. The molecule has 1 N–H and O–H groups in total. The zero-order chi connectivity index (χ0) is 19.3. The quantitative estimate of drug-likeness (QED) is 0.616. The Kier molecular flexibility index (Phi) is 5.91. The number of amides is 2. The van der Waals surface area contributed by atoms with Crippen molar-refractivity contribution < 1.29 is 23.9 Å². The number of fused-ring (bicyclic) bond motifs is 1. The molecule has 3 rings (SSSR count). The number of benzene rings is 1. The highest BCUT2D eigenvalue weighted by Gasteiger charge is 2.49. The average Bonchev–Trinajstić information content (AvgIpc) is 3.10. The highest BCUT2D eigenvalue weighted by atomic mass is 16.5. The summed E-state index contributed by atoms with van der Waals surface area (Å²) >= 11 is 0. The van der Waals surface area contributed by atoms with Gasteiger partial charge in [-0.15, -0.1) is 0 Å². The van der Waals surface area contributed by atoms with Crippen LogP contribution in [0.2, 0.25) is 0 Å². The molecule has 7 heteroatoms. The van der Waals surface area contributed by atoms with Crippen LogP contribution < -0.4 is 5.32 Å². The Morgan fingerprint density at radius 1 is 1.30 bits per heavy atom. The van der Waals surface area contributed by atoms with Crippen LogP contribution in [0.5, 0.6) is 0 Å². The summed E-state index contributed by atoms with van der Waals surface area (Å²) in [6.07, 6.45) is 3.14. The van der Waals surface area contributed by atoms with E-state index in [0.29, 0.717) is 38.4 Å². The molecule has 2 fully saturated rings. The van der Waals surface area contributed by atoms with E-state index in [2.05, 4.69) is 10.1 Å². The van der Waals surface area contributed by atoms with E-state index in [9.17, 15) is 14.4 Å². The Labute approximate surface area is 158 Å². The summed E-state index contributed by atoms with van der Waals surface area (Å²) in [5, 5.41) is 3.03. The van der Waals surface area contributed by atoms with Gasteiger partial charge in [0.2, 0.25) is 5.91 Å². The van der Waals surface area contributed by atoms with Gasteiger partial charge in [-0.1, -0.05) is 18.2 Å². The Morgan fingerprint density at radius 2 is 2.07 bits per heavy atom. The van der Waals surface area contributed by atoms with Gasteiger partial charge in [0.15, 0.2) is 0 Å². The van der Waals surface area contributed by atoms with E-state index in [0.717, 1.165) is 12.5 Å². The normalized spacial score (nSPS) is 24.5. The molecule has 2 amide bonds. The number of methoxy groups -OCH3 is 1. The molecule has 2 unspecified atom stereocenters. The van der Waals surface area contributed by atoms with Crippen LogP contribution in [0.25, 0.3) is 0 Å². The van der Waals surface area contributed by atoms with Crippen molar-refractivity contribution in [2.75, 3.05) is 40.0 Å². The molecule has 1 aromatic carbocycles. The number of ether oxygens (including phenoxy) is 2. The van der Waals surface area contributed by atoms with Crippen molar-refractivity contribution in [3.63, 3.8) is 0 Å². The van der Waals surface area contributed by atoms with Crippen LogP contribution in [-0.2, 0) is 19.1 Å². The smallest absolute Gasteiger partial charge is 0.330 e. The maximum absolute atomic E-state index is 12.4. The first-order valence-corrected chi connectivity index (χ1v) is 9.00. The Morgan fingerprint density at radius 3 is 2.81 bits per heavy atom. The van der Waals surface area contributed by atoms with Crippen molar-refractivity contribution in [2.24, 2.45) is 11.3 Å². The monoisotopic (exact) mass is 372 g/mol. The molecule has 2 heterocycles. The standard InChI is InChI=1S/C20H24N2O5/c1-26-18(24)8-7-17(23)22-11-16-12-27-10-9-20(16,14-22)13-21-19(25)15-5-3-2-4-6-15/h2-8,16H,9-14H2,1H3,(H,21,25)/b8-7+. The lowest BCUT2D eigenvalue weighted by Gasteiger charge is -2.38. The largest absolute Gasteiger partial charge is 0.466 e. The van der Waals surface area contributed by atoms with Crippen LogP contribution in [0.3, 0.4) is 0 Å². The van der Waals surface area contributed by atoms with Crippen LogP contribution in [0.1, 0.15) is 16.8 Å². The second-order valence-electron chi connectivity index (χ2n) is 7.01. The van der Waals surface area contributed by atoms with Crippen molar-refractivity contribution in [1.82, 2.24) is 10.2 Å². The molecule has 2 aliphatic rings. The lowest BCUT2D eigenvalue weighted by atomic mass is 9.74. The minimum atomic E-state index is -0.562. The summed E-state index contributed by atoms with van der Waals surface area (Å²) in [6, 6.07) is 9.07. The highest BCUT2D eigenvalue weighted by Crippen LogP contribution is 2.41. The third-order valence-corrected chi connectivity index (χ3v) is 5.39. The number of rotatable bonds is 5. The summed E-state index contributed by atoms with van der Waals surface area (Å²) in [7, 11) is 1.27. The molecule has 2 saturated heterocycles.